The van der Waals surface area contributed by atoms with E-state index in [1.54, 1.807) is 18.3 Å². The molecule has 21 heavy (non-hydrogen) atoms. The lowest BCUT2D eigenvalue weighted by Crippen LogP contribution is -2.42. The molecule has 2 amide bonds. The van der Waals surface area contributed by atoms with Gasteiger partial charge in [0.1, 0.15) is 5.69 Å². The van der Waals surface area contributed by atoms with Crippen LogP contribution in [0.5, 0.6) is 5.88 Å². The molecular formula is C15H26N4O2. The third-order valence-corrected chi connectivity index (χ3v) is 3.18. The number of rotatable bonds is 7. The Morgan fingerprint density at radius 1 is 1.43 bits per heavy atom. The fourth-order valence-corrected chi connectivity index (χ4v) is 2.05. The molecule has 2 N–H and O–H groups in total. The Bertz CT molecular complexity index is 449. The van der Waals surface area contributed by atoms with Gasteiger partial charge in [-0.3, -0.25) is 0 Å². The normalized spacial score (nSPS) is 12.3. The summed E-state index contributed by atoms with van der Waals surface area (Å²) in [6, 6.07) is 3.56. The van der Waals surface area contributed by atoms with E-state index in [1.807, 2.05) is 14.1 Å². The van der Waals surface area contributed by atoms with Gasteiger partial charge in [0.2, 0.25) is 5.88 Å². The molecule has 118 valence electrons. The molecule has 0 bridgehead atoms. The van der Waals surface area contributed by atoms with Crippen LogP contribution in [-0.2, 0) is 0 Å². The van der Waals surface area contributed by atoms with Crippen molar-refractivity contribution in [1.29, 1.82) is 0 Å². The van der Waals surface area contributed by atoms with Gasteiger partial charge in [0.05, 0.1) is 7.11 Å². The highest BCUT2D eigenvalue weighted by atomic mass is 16.5. The van der Waals surface area contributed by atoms with Crippen molar-refractivity contribution in [1.82, 2.24) is 15.2 Å². The predicted molar refractivity (Wildman–Crippen MR) is 84.7 cm³/mol. The number of amides is 2. The lowest BCUT2D eigenvalue weighted by Gasteiger charge is -2.26. The molecule has 0 saturated carbocycles. The molecule has 6 heteroatoms. The van der Waals surface area contributed by atoms with Gasteiger partial charge >= 0.3 is 6.03 Å². The molecule has 0 aromatic carbocycles. The summed E-state index contributed by atoms with van der Waals surface area (Å²) in [4.78, 5) is 18.1. The highest BCUT2D eigenvalue weighted by molar-refractivity contribution is 5.90. The summed E-state index contributed by atoms with van der Waals surface area (Å²) >= 11 is 0. The fraction of sp³-hybridized carbons (Fsp3) is 0.600. The van der Waals surface area contributed by atoms with E-state index in [2.05, 4.69) is 34.4 Å². The SMILES string of the molecule is COc1ncccc1NC(=O)NC[C@@H](CC(C)C)N(C)C. The van der Waals surface area contributed by atoms with Crippen LogP contribution in [0.15, 0.2) is 18.3 Å². The number of likely N-dealkylation sites (N-methyl/N-ethyl adjacent to an activating group) is 1. The molecule has 0 saturated heterocycles. The maximum absolute atomic E-state index is 12.0. The first-order chi connectivity index (χ1) is 9.93. The minimum Gasteiger partial charge on any atom is -0.480 e. The number of methoxy groups -OCH3 is 1. The van der Waals surface area contributed by atoms with Crippen molar-refractivity contribution < 1.29 is 9.53 Å². The van der Waals surface area contributed by atoms with E-state index in [0.717, 1.165) is 6.42 Å². The first kappa shape index (κ1) is 17.2. The summed E-state index contributed by atoms with van der Waals surface area (Å²) in [6.07, 6.45) is 2.65. The van der Waals surface area contributed by atoms with Crippen molar-refractivity contribution >= 4 is 11.7 Å². The largest absolute Gasteiger partial charge is 0.480 e. The average molecular weight is 294 g/mol. The van der Waals surface area contributed by atoms with Gasteiger partial charge in [-0.15, -0.1) is 0 Å². The highest BCUT2D eigenvalue weighted by Crippen LogP contribution is 2.19. The molecule has 0 aliphatic heterocycles. The molecule has 1 aromatic heterocycles. The number of nitrogens with zero attached hydrogens (tertiary/aromatic N) is 2. The molecule has 0 aliphatic carbocycles. The van der Waals surface area contributed by atoms with Crippen LogP contribution >= 0.6 is 0 Å². The number of anilines is 1. The third kappa shape index (κ3) is 5.99. The number of aromatic nitrogens is 1. The Morgan fingerprint density at radius 3 is 2.71 bits per heavy atom. The van der Waals surface area contributed by atoms with Crippen molar-refractivity contribution in [3.8, 4) is 5.88 Å². The van der Waals surface area contributed by atoms with E-state index in [-0.39, 0.29) is 6.03 Å². The number of carbonyl (C=O) groups excluding carboxylic acids is 1. The maximum Gasteiger partial charge on any atom is 0.319 e. The Morgan fingerprint density at radius 2 is 2.14 bits per heavy atom. The number of hydrogen-bond donors (Lipinski definition) is 2. The van der Waals surface area contributed by atoms with Crippen LogP contribution in [-0.4, -0.2) is 49.7 Å². The van der Waals surface area contributed by atoms with Gasteiger partial charge in [-0.2, -0.15) is 0 Å². The first-order valence-electron chi connectivity index (χ1n) is 7.14. The zero-order valence-corrected chi connectivity index (χ0v) is 13.5. The Labute approximate surface area is 126 Å². The molecule has 0 spiro atoms. The standard InChI is InChI=1S/C15H26N4O2/c1-11(2)9-12(19(3)4)10-17-15(20)18-13-7-6-8-16-14(13)21-5/h6-8,11-12H,9-10H2,1-5H3,(H2,17,18,20)/t12-/m1/s1. The number of nitrogens with one attached hydrogen (secondary N) is 2. The number of pyridine rings is 1. The minimum atomic E-state index is -0.253. The summed E-state index contributed by atoms with van der Waals surface area (Å²) in [5.74, 6) is 0.986. The Hall–Kier alpha value is -1.82. The first-order valence-corrected chi connectivity index (χ1v) is 7.14. The van der Waals surface area contributed by atoms with E-state index in [1.165, 1.54) is 7.11 Å². The second kappa shape index (κ2) is 8.46. The molecule has 6 nitrogen and oxygen atoms in total. The fourth-order valence-electron chi connectivity index (χ4n) is 2.05. The predicted octanol–water partition coefficient (Wildman–Crippen LogP) is 2.19. The quantitative estimate of drug-likeness (QED) is 0.809. The van der Waals surface area contributed by atoms with Crippen LogP contribution in [0, 0.1) is 5.92 Å². The lowest BCUT2D eigenvalue weighted by atomic mass is 10.0. The second-order valence-electron chi connectivity index (χ2n) is 5.64. The third-order valence-electron chi connectivity index (χ3n) is 3.18. The van der Waals surface area contributed by atoms with Crippen LogP contribution in [0.1, 0.15) is 20.3 Å². The summed E-state index contributed by atoms with van der Waals surface area (Å²) in [5, 5.41) is 5.65. The van der Waals surface area contributed by atoms with E-state index in [9.17, 15) is 4.79 Å². The van der Waals surface area contributed by atoms with Crippen molar-refractivity contribution in [2.75, 3.05) is 33.1 Å². The van der Waals surface area contributed by atoms with Gasteiger partial charge in [0.15, 0.2) is 0 Å². The zero-order chi connectivity index (χ0) is 15.8. The molecular weight excluding hydrogens is 268 g/mol. The molecule has 1 rings (SSSR count). The Kier molecular flexibility index (Phi) is 6.94. The van der Waals surface area contributed by atoms with E-state index in [4.69, 9.17) is 4.74 Å². The molecule has 0 aliphatic rings. The average Bonchev–Trinajstić information content (AvgIpc) is 2.43. The van der Waals surface area contributed by atoms with E-state index in [0.29, 0.717) is 30.1 Å². The van der Waals surface area contributed by atoms with Crippen LogP contribution in [0.4, 0.5) is 10.5 Å². The van der Waals surface area contributed by atoms with Crippen LogP contribution in [0.3, 0.4) is 0 Å². The van der Waals surface area contributed by atoms with Crippen LogP contribution in [0.2, 0.25) is 0 Å². The minimum absolute atomic E-state index is 0.253. The summed E-state index contributed by atoms with van der Waals surface area (Å²) < 4.78 is 5.10. The molecule has 0 unspecified atom stereocenters. The van der Waals surface area contributed by atoms with Gasteiger partial charge in [0.25, 0.3) is 0 Å². The summed E-state index contributed by atoms with van der Waals surface area (Å²) in [5.41, 5.74) is 0.558. The van der Waals surface area contributed by atoms with Gasteiger partial charge in [-0.25, -0.2) is 9.78 Å². The maximum atomic E-state index is 12.0. The van der Waals surface area contributed by atoms with Crippen LogP contribution < -0.4 is 15.4 Å². The second-order valence-corrected chi connectivity index (χ2v) is 5.64. The monoisotopic (exact) mass is 294 g/mol. The van der Waals surface area contributed by atoms with Gasteiger partial charge in [-0.05, 0) is 38.6 Å². The molecule has 1 heterocycles. The van der Waals surface area contributed by atoms with Crippen molar-refractivity contribution in [2.45, 2.75) is 26.3 Å². The number of ether oxygens (including phenoxy) is 1. The van der Waals surface area contributed by atoms with Gasteiger partial charge in [0, 0.05) is 18.8 Å². The zero-order valence-electron chi connectivity index (χ0n) is 13.5. The van der Waals surface area contributed by atoms with Gasteiger partial charge < -0.3 is 20.3 Å². The van der Waals surface area contributed by atoms with E-state index >= 15 is 0 Å². The van der Waals surface area contributed by atoms with E-state index < -0.39 is 0 Å². The number of urea groups is 1. The molecule has 1 atom stereocenters. The van der Waals surface area contributed by atoms with Crippen LogP contribution in [0.25, 0.3) is 0 Å². The topological polar surface area (TPSA) is 66.5 Å². The molecule has 0 radical (unpaired) electrons. The van der Waals surface area contributed by atoms with Crippen molar-refractivity contribution in [2.24, 2.45) is 5.92 Å². The number of hydrogen-bond acceptors (Lipinski definition) is 4. The smallest absolute Gasteiger partial charge is 0.319 e. The Balaban J connectivity index is 2.53. The van der Waals surface area contributed by atoms with Crippen molar-refractivity contribution in [3.05, 3.63) is 18.3 Å². The summed E-state index contributed by atoms with van der Waals surface area (Å²) in [6.45, 7) is 4.95. The van der Waals surface area contributed by atoms with Crippen molar-refractivity contribution in [3.63, 3.8) is 0 Å². The molecule has 0 fully saturated rings. The highest BCUT2D eigenvalue weighted by Gasteiger charge is 2.15. The molecule has 1 aromatic rings. The lowest BCUT2D eigenvalue weighted by molar-refractivity contribution is 0.231. The number of carbonyl (C=O) groups is 1. The van der Waals surface area contributed by atoms with Gasteiger partial charge in [-0.1, -0.05) is 13.8 Å². The summed E-state index contributed by atoms with van der Waals surface area (Å²) in [7, 11) is 5.57.